The van der Waals surface area contributed by atoms with Gasteiger partial charge in [-0.15, -0.1) is 0 Å². The number of alkyl carbamates (subject to hydrolysis) is 1. The Morgan fingerprint density at radius 3 is 2.48 bits per heavy atom. The molecular formula is C16H22Cl2N2O3. The minimum atomic E-state index is -0.715. The largest absolute Gasteiger partial charge is 0.444 e. The van der Waals surface area contributed by atoms with Crippen LogP contribution in [-0.4, -0.2) is 35.6 Å². The molecule has 0 heterocycles. The average molecular weight is 361 g/mol. The summed E-state index contributed by atoms with van der Waals surface area (Å²) in [5.74, 6) is -0.257. The molecule has 0 aliphatic heterocycles. The average Bonchev–Trinajstić information content (AvgIpc) is 2.40. The van der Waals surface area contributed by atoms with E-state index >= 15 is 0 Å². The van der Waals surface area contributed by atoms with Crippen molar-refractivity contribution in [3.8, 4) is 0 Å². The standard InChI is InChI=1S/C16H22Cl2N2O3/c1-10(19-15(22)23-16(2,3)4)14(21)20(5)9-11-7-6-8-12(17)13(11)18/h6-8,10H,9H2,1-5H3,(H,19,22). The number of rotatable bonds is 4. The molecule has 0 saturated carbocycles. The molecule has 128 valence electrons. The van der Waals surface area contributed by atoms with Crippen molar-refractivity contribution >= 4 is 35.2 Å². The molecule has 1 aromatic rings. The highest BCUT2D eigenvalue weighted by Crippen LogP contribution is 2.26. The van der Waals surface area contributed by atoms with Crippen LogP contribution in [0, 0.1) is 0 Å². The van der Waals surface area contributed by atoms with Crippen LogP contribution < -0.4 is 5.32 Å². The summed E-state index contributed by atoms with van der Waals surface area (Å²) in [5, 5.41) is 3.37. The highest BCUT2D eigenvalue weighted by Gasteiger charge is 2.23. The molecule has 0 spiro atoms. The van der Waals surface area contributed by atoms with E-state index in [0.717, 1.165) is 5.56 Å². The van der Waals surface area contributed by atoms with Crippen molar-refractivity contribution in [3.63, 3.8) is 0 Å². The Balaban J connectivity index is 2.65. The van der Waals surface area contributed by atoms with Gasteiger partial charge in [0.05, 0.1) is 10.0 Å². The fourth-order valence-corrected chi connectivity index (χ4v) is 2.26. The van der Waals surface area contributed by atoms with E-state index in [2.05, 4.69) is 5.32 Å². The van der Waals surface area contributed by atoms with Gasteiger partial charge in [0.15, 0.2) is 0 Å². The molecule has 1 unspecified atom stereocenters. The highest BCUT2D eigenvalue weighted by atomic mass is 35.5. The molecule has 1 aromatic carbocycles. The maximum Gasteiger partial charge on any atom is 0.408 e. The van der Waals surface area contributed by atoms with Gasteiger partial charge >= 0.3 is 6.09 Å². The Kier molecular flexibility index (Phi) is 6.71. The minimum absolute atomic E-state index is 0.257. The van der Waals surface area contributed by atoms with Crippen LogP contribution in [0.3, 0.4) is 0 Å². The summed E-state index contributed by atoms with van der Waals surface area (Å²) in [7, 11) is 1.63. The lowest BCUT2D eigenvalue weighted by Gasteiger charge is -2.25. The van der Waals surface area contributed by atoms with Gasteiger partial charge in [0, 0.05) is 13.6 Å². The van der Waals surface area contributed by atoms with Crippen molar-refractivity contribution in [3.05, 3.63) is 33.8 Å². The molecule has 23 heavy (non-hydrogen) atoms. The third-order valence-electron chi connectivity index (χ3n) is 2.92. The van der Waals surface area contributed by atoms with Gasteiger partial charge in [-0.2, -0.15) is 0 Å². The molecule has 0 aliphatic carbocycles. The third kappa shape index (κ3) is 6.28. The second-order valence-electron chi connectivity index (χ2n) is 6.28. The molecule has 0 bridgehead atoms. The monoisotopic (exact) mass is 360 g/mol. The predicted molar refractivity (Wildman–Crippen MR) is 91.8 cm³/mol. The first kappa shape index (κ1) is 19.6. The number of likely N-dealkylation sites (N-methyl/N-ethyl adjacent to an activating group) is 1. The van der Waals surface area contributed by atoms with E-state index in [1.54, 1.807) is 52.9 Å². The van der Waals surface area contributed by atoms with Crippen LogP contribution in [0.2, 0.25) is 10.0 Å². The maximum absolute atomic E-state index is 12.3. The van der Waals surface area contributed by atoms with Crippen molar-refractivity contribution in [1.82, 2.24) is 10.2 Å². The quantitative estimate of drug-likeness (QED) is 0.886. The smallest absolute Gasteiger partial charge is 0.408 e. The van der Waals surface area contributed by atoms with Gasteiger partial charge in [-0.3, -0.25) is 4.79 Å². The summed E-state index contributed by atoms with van der Waals surface area (Å²) in [5.41, 5.74) is 0.118. The molecule has 0 radical (unpaired) electrons. The Bertz CT molecular complexity index is 585. The number of carbonyl (C=O) groups excluding carboxylic acids is 2. The van der Waals surface area contributed by atoms with Crippen molar-refractivity contribution in [2.24, 2.45) is 0 Å². The van der Waals surface area contributed by atoms with E-state index in [4.69, 9.17) is 27.9 Å². The number of hydrogen-bond donors (Lipinski definition) is 1. The van der Waals surface area contributed by atoms with Crippen LogP contribution in [0.15, 0.2) is 18.2 Å². The number of nitrogens with zero attached hydrogens (tertiary/aromatic N) is 1. The van der Waals surface area contributed by atoms with Gasteiger partial charge in [-0.1, -0.05) is 35.3 Å². The normalized spacial score (nSPS) is 12.5. The summed E-state index contributed by atoms with van der Waals surface area (Å²) in [6, 6.07) is 4.53. The molecule has 0 aromatic heterocycles. The Morgan fingerprint density at radius 2 is 1.91 bits per heavy atom. The third-order valence-corrected chi connectivity index (χ3v) is 3.78. The van der Waals surface area contributed by atoms with Crippen LogP contribution in [-0.2, 0) is 16.1 Å². The number of halogens is 2. The fraction of sp³-hybridized carbons (Fsp3) is 0.500. The number of benzene rings is 1. The zero-order valence-corrected chi connectivity index (χ0v) is 15.5. The second kappa shape index (κ2) is 7.88. The molecule has 0 fully saturated rings. The molecule has 2 amide bonds. The lowest BCUT2D eigenvalue weighted by atomic mass is 10.2. The van der Waals surface area contributed by atoms with E-state index in [-0.39, 0.29) is 5.91 Å². The van der Waals surface area contributed by atoms with Gasteiger partial charge in [-0.25, -0.2) is 4.79 Å². The van der Waals surface area contributed by atoms with Crippen LogP contribution >= 0.6 is 23.2 Å². The Morgan fingerprint density at radius 1 is 1.30 bits per heavy atom. The zero-order chi connectivity index (χ0) is 17.8. The number of nitrogens with one attached hydrogen (secondary N) is 1. The second-order valence-corrected chi connectivity index (χ2v) is 7.06. The molecule has 1 rings (SSSR count). The van der Waals surface area contributed by atoms with Crippen LogP contribution in [0.1, 0.15) is 33.3 Å². The Hall–Kier alpha value is -1.46. The van der Waals surface area contributed by atoms with Crippen LogP contribution in [0.5, 0.6) is 0 Å². The molecule has 1 atom stereocenters. The van der Waals surface area contributed by atoms with Gasteiger partial charge < -0.3 is 15.0 Å². The van der Waals surface area contributed by atoms with Crippen LogP contribution in [0.25, 0.3) is 0 Å². The van der Waals surface area contributed by atoms with Gasteiger partial charge in [-0.05, 0) is 39.3 Å². The topological polar surface area (TPSA) is 58.6 Å². The molecule has 0 saturated heterocycles. The van der Waals surface area contributed by atoms with Crippen molar-refractivity contribution < 1.29 is 14.3 Å². The predicted octanol–water partition coefficient (Wildman–Crippen LogP) is 3.87. The van der Waals surface area contributed by atoms with E-state index in [0.29, 0.717) is 16.6 Å². The number of ether oxygens (including phenoxy) is 1. The summed E-state index contributed by atoms with van der Waals surface area (Å²) in [6.45, 7) is 7.16. The SMILES string of the molecule is CC(NC(=O)OC(C)(C)C)C(=O)N(C)Cc1cccc(Cl)c1Cl. The fourth-order valence-electron chi connectivity index (χ4n) is 1.88. The first-order chi connectivity index (χ1) is 10.5. The van der Waals surface area contributed by atoms with Gasteiger partial charge in [0.25, 0.3) is 0 Å². The van der Waals surface area contributed by atoms with Crippen molar-refractivity contribution in [2.75, 3.05) is 7.05 Å². The number of carbonyl (C=O) groups is 2. The van der Waals surface area contributed by atoms with Crippen LogP contribution in [0.4, 0.5) is 4.79 Å². The summed E-state index contributed by atoms with van der Waals surface area (Å²) < 4.78 is 5.13. The molecule has 0 aliphatic rings. The van der Waals surface area contributed by atoms with E-state index in [9.17, 15) is 9.59 Å². The lowest BCUT2D eigenvalue weighted by Crippen LogP contribution is -2.46. The zero-order valence-electron chi connectivity index (χ0n) is 13.9. The first-order valence-corrected chi connectivity index (χ1v) is 7.94. The molecule has 7 heteroatoms. The maximum atomic E-state index is 12.3. The van der Waals surface area contributed by atoms with E-state index in [1.807, 2.05) is 0 Å². The summed E-state index contributed by atoms with van der Waals surface area (Å²) in [6.07, 6.45) is -0.632. The van der Waals surface area contributed by atoms with Crippen molar-refractivity contribution in [2.45, 2.75) is 45.9 Å². The van der Waals surface area contributed by atoms with Crippen molar-refractivity contribution in [1.29, 1.82) is 0 Å². The first-order valence-electron chi connectivity index (χ1n) is 7.18. The van der Waals surface area contributed by atoms with Gasteiger partial charge in [0.2, 0.25) is 5.91 Å². The summed E-state index contributed by atoms with van der Waals surface area (Å²) >= 11 is 12.1. The van der Waals surface area contributed by atoms with E-state index in [1.165, 1.54) is 4.90 Å². The molecular weight excluding hydrogens is 339 g/mol. The van der Waals surface area contributed by atoms with Gasteiger partial charge in [0.1, 0.15) is 11.6 Å². The molecule has 5 nitrogen and oxygen atoms in total. The number of amides is 2. The lowest BCUT2D eigenvalue weighted by molar-refractivity contribution is -0.132. The Labute approximate surface area is 146 Å². The molecule has 1 N–H and O–H groups in total. The number of hydrogen-bond acceptors (Lipinski definition) is 3. The highest BCUT2D eigenvalue weighted by molar-refractivity contribution is 6.42. The minimum Gasteiger partial charge on any atom is -0.444 e. The summed E-state index contributed by atoms with van der Waals surface area (Å²) in [4.78, 5) is 25.5. The van der Waals surface area contributed by atoms with E-state index < -0.39 is 17.7 Å².